The number of aryl methyl sites for hydroxylation is 2. The SMILES string of the molecule is Cc1cc(C)c([N+](=O)[O-])cc1OC(C)/C(N)=N/O. The Kier molecular flexibility index (Phi) is 4.09. The molecular formula is C11H15N3O4. The molecule has 0 radical (unpaired) electrons. The van der Waals surface area contributed by atoms with Gasteiger partial charge < -0.3 is 15.7 Å². The van der Waals surface area contributed by atoms with Crippen molar-refractivity contribution in [3.05, 3.63) is 33.4 Å². The molecule has 0 bridgehead atoms. The lowest BCUT2D eigenvalue weighted by molar-refractivity contribution is -0.385. The zero-order valence-corrected chi connectivity index (χ0v) is 10.4. The summed E-state index contributed by atoms with van der Waals surface area (Å²) < 4.78 is 5.42. The zero-order valence-electron chi connectivity index (χ0n) is 10.4. The molecule has 0 heterocycles. The molecule has 0 aliphatic carbocycles. The number of rotatable bonds is 4. The number of benzene rings is 1. The smallest absolute Gasteiger partial charge is 0.276 e. The summed E-state index contributed by atoms with van der Waals surface area (Å²) in [6.45, 7) is 5.01. The molecule has 7 heteroatoms. The van der Waals surface area contributed by atoms with E-state index >= 15 is 0 Å². The molecule has 1 rings (SSSR count). The molecule has 18 heavy (non-hydrogen) atoms. The van der Waals surface area contributed by atoms with E-state index in [-0.39, 0.29) is 11.5 Å². The van der Waals surface area contributed by atoms with Crippen molar-refractivity contribution in [1.29, 1.82) is 0 Å². The van der Waals surface area contributed by atoms with Gasteiger partial charge in [0.05, 0.1) is 11.0 Å². The van der Waals surface area contributed by atoms with Gasteiger partial charge in [0.15, 0.2) is 11.9 Å². The number of amidine groups is 1. The van der Waals surface area contributed by atoms with Gasteiger partial charge in [-0.05, 0) is 32.4 Å². The van der Waals surface area contributed by atoms with E-state index in [0.717, 1.165) is 5.56 Å². The first-order valence-electron chi connectivity index (χ1n) is 5.26. The maximum atomic E-state index is 10.8. The maximum Gasteiger partial charge on any atom is 0.276 e. The summed E-state index contributed by atoms with van der Waals surface area (Å²) in [5, 5.41) is 22.2. The first-order chi connectivity index (χ1) is 8.36. The predicted octanol–water partition coefficient (Wildman–Crippen LogP) is 1.73. The van der Waals surface area contributed by atoms with Crippen molar-refractivity contribution < 1.29 is 14.9 Å². The fourth-order valence-electron chi connectivity index (χ4n) is 1.48. The third-order valence-electron chi connectivity index (χ3n) is 2.53. The average molecular weight is 253 g/mol. The molecule has 98 valence electrons. The Bertz CT molecular complexity index is 499. The summed E-state index contributed by atoms with van der Waals surface area (Å²) >= 11 is 0. The van der Waals surface area contributed by atoms with Crippen LogP contribution in [0.15, 0.2) is 17.3 Å². The van der Waals surface area contributed by atoms with Crippen molar-refractivity contribution >= 4 is 11.5 Å². The number of hydrogen-bond donors (Lipinski definition) is 2. The van der Waals surface area contributed by atoms with E-state index in [1.807, 2.05) is 0 Å². The number of hydrogen-bond acceptors (Lipinski definition) is 5. The Morgan fingerprint density at radius 1 is 1.50 bits per heavy atom. The number of oxime groups is 1. The van der Waals surface area contributed by atoms with Crippen LogP contribution in [0.4, 0.5) is 5.69 Å². The van der Waals surface area contributed by atoms with Crippen molar-refractivity contribution in [3.8, 4) is 5.75 Å². The van der Waals surface area contributed by atoms with Crippen LogP contribution >= 0.6 is 0 Å². The van der Waals surface area contributed by atoms with Gasteiger partial charge in [0.2, 0.25) is 0 Å². The molecule has 0 saturated carbocycles. The number of nitro benzene ring substituents is 1. The first-order valence-corrected chi connectivity index (χ1v) is 5.26. The summed E-state index contributed by atoms with van der Waals surface area (Å²) in [4.78, 5) is 10.3. The van der Waals surface area contributed by atoms with Crippen molar-refractivity contribution in [2.24, 2.45) is 10.9 Å². The molecule has 7 nitrogen and oxygen atoms in total. The summed E-state index contributed by atoms with van der Waals surface area (Å²) in [7, 11) is 0. The molecule has 1 aromatic rings. The Morgan fingerprint density at radius 2 is 2.11 bits per heavy atom. The quantitative estimate of drug-likeness (QED) is 0.279. The number of ether oxygens (including phenoxy) is 1. The Balaban J connectivity index is 3.10. The molecule has 0 aliphatic heterocycles. The third-order valence-corrected chi connectivity index (χ3v) is 2.53. The summed E-state index contributed by atoms with van der Waals surface area (Å²) in [6, 6.07) is 3.00. The van der Waals surface area contributed by atoms with Gasteiger partial charge in [-0.1, -0.05) is 5.16 Å². The Morgan fingerprint density at radius 3 is 2.61 bits per heavy atom. The van der Waals surface area contributed by atoms with Crippen LogP contribution in [0.2, 0.25) is 0 Å². The first kappa shape index (κ1) is 13.8. The van der Waals surface area contributed by atoms with Crippen LogP contribution in [0.25, 0.3) is 0 Å². The van der Waals surface area contributed by atoms with E-state index in [1.165, 1.54) is 6.07 Å². The van der Waals surface area contributed by atoms with E-state index in [1.54, 1.807) is 26.8 Å². The topological polar surface area (TPSA) is 111 Å². The second-order valence-corrected chi connectivity index (χ2v) is 3.95. The van der Waals surface area contributed by atoms with E-state index in [4.69, 9.17) is 15.7 Å². The molecule has 0 spiro atoms. The van der Waals surface area contributed by atoms with Crippen LogP contribution in [-0.2, 0) is 0 Å². The Hall–Kier alpha value is -2.31. The van der Waals surface area contributed by atoms with Crippen molar-refractivity contribution in [1.82, 2.24) is 0 Å². The monoisotopic (exact) mass is 253 g/mol. The highest BCUT2D eigenvalue weighted by molar-refractivity contribution is 5.84. The average Bonchev–Trinajstić information content (AvgIpc) is 2.30. The fourth-order valence-corrected chi connectivity index (χ4v) is 1.48. The van der Waals surface area contributed by atoms with Crippen molar-refractivity contribution in [2.45, 2.75) is 26.9 Å². The molecule has 0 saturated heterocycles. The summed E-state index contributed by atoms with van der Waals surface area (Å²) in [6.07, 6.45) is -0.670. The molecule has 1 atom stereocenters. The van der Waals surface area contributed by atoms with Gasteiger partial charge >= 0.3 is 0 Å². The predicted molar refractivity (Wildman–Crippen MR) is 66.1 cm³/mol. The molecule has 3 N–H and O–H groups in total. The second-order valence-electron chi connectivity index (χ2n) is 3.95. The lowest BCUT2D eigenvalue weighted by atomic mass is 10.1. The highest BCUT2D eigenvalue weighted by Crippen LogP contribution is 2.28. The van der Waals surface area contributed by atoms with E-state index in [0.29, 0.717) is 11.3 Å². The van der Waals surface area contributed by atoms with Crippen LogP contribution < -0.4 is 10.5 Å². The van der Waals surface area contributed by atoms with Crippen LogP contribution in [0.5, 0.6) is 5.75 Å². The lowest BCUT2D eigenvalue weighted by Crippen LogP contribution is -2.31. The third kappa shape index (κ3) is 2.88. The maximum absolute atomic E-state index is 10.8. The number of nitrogens with two attached hydrogens (primary N) is 1. The van der Waals surface area contributed by atoms with Gasteiger partial charge in [-0.15, -0.1) is 0 Å². The highest BCUT2D eigenvalue weighted by Gasteiger charge is 2.17. The zero-order chi connectivity index (χ0) is 13.9. The Labute approximate surface area is 104 Å². The molecule has 0 aliphatic rings. The van der Waals surface area contributed by atoms with Crippen molar-refractivity contribution in [2.75, 3.05) is 0 Å². The van der Waals surface area contributed by atoms with E-state index in [2.05, 4.69) is 5.16 Å². The summed E-state index contributed by atoms with van der Waals surface area (Å²) in [5.74, 6) is 0.240. The molecular weight excluding hydrogens is 238 g/mol. The second kappa shape index (κ2) is 5.35. The van der Waals surface area contributed by atoms with Gasteiger partial charge in [0.1, 0.15) is 5.75 Å². The van der Waals surface area contributed by atoms with Crippen LogP contribution in [0.3, 0.4) is 0 Å². The minimum Gasteiger partial charge on any atom is -0.482 e. The standard InChI is InChI=1S/C11H15N3O4/c1-6-4-7(2)10(5-9(6)14(16)17)18-8(3)11(12)13-15/h4-5,8,15H,1-3H3,(H2,12,13). The minimum absolute atomic E-state index is 0.0256. The normalized spacial score (nSPS) is 13.2. The number of nitro groups is 1. The van der Waals surface area contributed by atoms with Gasteiger partial charge in [-0.3, -0.25) is 10.1 Å². The molecule has 0 fully saturated rings. The van der Waals surface area contributed by atoms with Crippen LogP contribution in [0, 0.1) is 24.0 Å². The van der Waals surface area contributed by atoms with Gasteiger partial charge in [-0.2, -0.15) is 0 Å². The van der Waals surface area contributed by atoms with Crippen LogP contribution in [0.1, 0.15) is 18.1 Å². The lowest BCUT2D eigenvalue weighted by Gasteiger charge is -2.15. The van der Waals surface area contributed by atoms with Gasteiger partial charge in [0.25, 0.3) is 5.69 Å². The fraction of sp³-hybridized carbons (Fsp3) is 0.364. The highest BCUT2D eigenvalue weighted by atomic mass is 16.6. The largest absolute Gasteiger partial charge is 0.482 e. The molecule has 0 aromatic heterocycles. The van der Waals surface area contributed by atoms with E-state index in [9.17, 15) is 10.1 Å². The molecule has 1 aromatic carbocycles. The van der Waals surface area contributed by atoms with Gasteiger partial charge in [0, 0.05) is 5.56 Å². The minimum atomic E-state index is -0.670. The number of nitrogens with zero attached hydrogens (tertiary/aromatic N) is 2. The molecule has 1 unspecified atom stereocenters. The van der Waals surface area contributed by atoms with Crippen molar-refractivity contribution in [3.63, 3.8) is 0 Å². The summed E-state index contributed by atoms with van der Waals surface area (Å²) in [5.41, 5.74) is 6.66. The van der Waals surface area contributed by atoms with E-state index < -0.39 is 11.0 Å². The van der Waals surface area contributed by atoms with Crippen LogP contribution in [-0.4, -0.2) is 22.1 Å². The molecule has 0 amide bonds. The van der Waals surface area contributed by atoms with Gasteiger partial charge in [-0.25, -0.2) is 0 Å².